The highest BCUT2D eigenvalue weighted by Gasteiger charge is 2.41. The van der Waals surface area contributed by atoms with Crippen molar-refractivity contribution < 1.29 is 4.74 Å². The molecular weight excluding hydrogens is 663 g/mol. The van der Waals surface area contributed by atoms with Gasteiger partial charge in [0.2, 0.25) is 0 Å². The Balaban J connectivity index is 1.02. The molecule has 8 aromatic rings. The molecule has 2 aromatic heterocycles. The molecule has 0 fully saturated rings. The molecule has 244 valence electrons. The van der Waals surface area contributed by atoms with Crippen molar-refractivity contribution >= 4 is 68.9 Å². The Labute approximate surface area is 303 Å². The predicted molar refractivity (Wildman–Crippen MR) is 214 cm³/mol. The molecule has 0 bridgehead atoms. The minimum atomic E-state index is -0.240. The number of ether oxygens (including phenoxy) is 1. The van der Waals surface area contributed by atoms with E-state index in [1.54, 1.807) is 0 Å². The molecule has 11 rings (SSSR count). The zero-order valence-electron chi connectivity index (χ0n) is 27.4. The van der Waals surface area contributed by atoms with Gasteiger partial charge in [-0.15, -0.1) is 22.7 Å². The quantitative estimate of drug-likeness (QED) is 0.193. The molecule has 0 spiro atoms. The highest BCUT2D eigenvalue weighted by atomic mass is 32.1. The first-order chi connectivity index (χ1) is 25.3. The topological polar surface area (TPSA) is 45.6 Å². The Morgan fingerprint density at radius 3 is 2.41 bits per heavy atom. The molecule has 2 N–H and O–H groups in total. The Morgan fingerprint density at radius 2 is 1.45 bits per heavy atom. The Bertz CT molecular complexity index is 2770. The van der Waals surface area contributed by atoms with E-state index in [1.807, 2.05) is 28.7 Å². The first-order valence-electron chi connectivity index (χ1n) is 17.4. The molecule has 6 aromatic carbocycles. The molecule has 6 heteroatoms. The number of allylic oxidation sites excluding steroid dienone is 2. The summed E-state index contributed by atoms with van der Waals surface area (Å²) in [6.07, 6.45) is 6.15. The van der Waals surface area contributed by atoms with Gasteiger partial charge in [-0.2, -0.15) is 0 Å². The number of hydrogen-bond donors (Lipinski definition) is 2. The lowest BCUT2D eigenvalue weighted by Gasteiger charge is -2.36. The summed E-state index contributed by atoms with van der Waals surface area (Å²) in [5.41, 5.74) is 7.30. The van der Waals surface area contributed by atoms with Gasteiger partial charge < -0.3 is 10.1 Å². The minimum absolute atomic E-state index is 0.0222. The number of hydrogen-bond acceptors (Lipinski definition) is 6. The normalized spacial score (nSPS) is 20.9. The first-order valence-corrected chi connectivity index (χ1v) is 19.1. The fourth-order valence-corrected chi connectivity index (χ4v) is 10.7. The fourth-order valence-electron chi connectivity index (χ4n) is 8.25. The third kappa shape index (κ3) is 4.64. The Hall–Kier alpha value is -5.53. The summed E-state index contributed by atoms with van der Waals surface area (Å²) < 4.78 is 11.6. The van der Waals surface area contributed by atoms with Crippen LogP contribution < -0.4 is 15.4 Å². The zero-order chi connectivity index (χ0) is 33.5. The van der Waals surface area contributed by atoms with Gasteiger partial charge in [0.05, 0.1) is 5.92 Å². The number of rotatable bonds is 4. The van der Waals surface area contributed by atoms with Gasteiger partial charge in [-0.25, -0.2) is 4.99 Å². The monoisotopic (exact) mass is 693 g/mol. The summed E-state index contributed by atoms with van der Waals surface area (Å²) >= 11 is 3.76. The van der Waals surface area contributed by atoms with E-state index in [9.17, 15) is 0 Å². The Morgan fingerprint density at radius 1 is 0.647 bits per heavy atom. The molecule has 0 amide bonds. The van der Waals surface area contributed by atoms with E-state index in [0.717, 1.165) is 22.7 Å². The number of thiophene rings is 2. The van der Waals surface area contributed by atoms with Crippen molar-refractivity contribution in [1.82, 2.24) is 10.6 Å². The van der Waals surface area contributed by atoms with Crippen LogP contribution in [0.4, 0.5) is 0 Å². The van der Waals surface area contributed by atoms with Crippen LogP contribution in [0, 0.1) is 0 Å². The first kappa shape index (κ1) is 29.2. The molecule has 4 heterocycles. The van der Waals surface area contributed by atoms with Crippen molar-refractivity contribution in [2.75, 3.05) is 0 Å². The van der Waals surface area contributed by atoms with Gasteiger partial charge in [-0.05, 0) is 47.0 Å². The summed E-state index contributed by atoms with van der Waals surface area (Å²) in [6, 6.07) is 48.1. The maximum atomic E-state index is 6.40. The number of fused-ring (bicyclic) bond motifs is 9. The van der Waals surface area contributed by atoms with Crippen LogP contribution in [0.1, 0.15) is 28.8 Å². The maximum absolute atomic E-state index is 6.40. The second-order valence-electron chi connectivity index (χ2n) is 13.5. The van der Waals surface area contributed by atoms with E-state index in [1.165, 1.54) is 62.6 Å². The van der Waals surface area contributed by atoms with Gasteiger partial charge in [0.15, 0.2) is 0 Å². The molecule has 4 unspecified atom stereocenters. The van der Waals surface area contributed by atoms with Crippen molar-refractivity contribution in [3.8, 4) is 16.9 Å². The van der Waals surface area contributed by atoms with Crippen LogP contribution in [0.3, 0.4) is 0 Å². The second-order valence-corrected chi connectivity index (χ2v) is 15.6. The van der Waals surface area contributed by atoms with Crippen LogP contribution >= 0.6 is 22.7 Å². The van der Waals surface area contributed by atoms with Gasteiger partial charge >= 0.3 is 0 Å². The highest BCUT2D eigenvalue weighted by molar-refractivity contribution is 7.26. The van der Waals surface area contributed by atoms with Gasteiger partial charge in [0, 0.05) is 57.0 Å². The third-order valence-electron chi connectivity index (χ3n) is 10.6. The Kier molecular flexibility index (Phi) is 6.59. The second kappa shape index (κ2) is 11.5. The van der Waals surface area contributed by atoms with Crippen LogP contribution in [0.5, 0.6) is 5.75 Å². The molecule has 0 radical (unpaired) electrons. The summed E-state index contributed by atoms with van der Waals surface area (Å²) in [5.74, 6) is 1.98. The summed E-state index contributed by atoms with van der Waals surface area (Å²) in [7, 11) is 0. The number of amidine groups is 1. The van der Waals surface area contributed by atoms with Crippen molar-refractivity contribution in [2.24, 2.45) is 4.99 Å². The lowest BCUT2D eigenvalue weighted by Crippen LogP contribution is -2.53. The molecular formula is C45H31N3OS2. The average Bonchev–Trinajstić information content (AvgIpc) is 3.89. The van der Waals surface area contributed by atoms with E-state index in [0.29, 0.717) is 0 Å². The van der Waals surface area contributed by atoms with Crippen molar-refractivity contribution in [1.29, 1.82) is 0 Å². The zero-order valence-corrected chi connectivity index (χ0v) is 29.0. The predicted octanol–water partition coefficient (Wildman–Crippen LogP) is 11.1. The smallest absolute Gasteiger partial charge is 0.131 e. The lowest BCUT2D eigenvalue weighted by atomic mass is 9.83. The van der Waals surface area contributed by atoms with Crippen LogP contribution in [0.25, 0.3) is 51.5 Å². The third-order valence-corrected chi connectivity index (χ3v) is 12.9. The number of aliphatic imine (C=N–C) groups is 1. The largest absolute Gasteiger partial charge is 0.485 e. The summed E-state index contributed by atoms with van der Waals surface area (Å²) in [4.78, 5) is 5.30. The van der Waals surface area contributed by atoms with Crippen molar-refractivity contribution in [3.63, 3.8) is 0 Å². The van der Waals surface area contributed by atoms with Crippen LogP contribution in [0.2, 0.25) is 0 Å². The van der Waals surface area contributed by atoms with Crippen LogP contribution in [-0.2, 0) is 0 Å². The number of nitrogens with one attached hydrogen (secondary N) is 2. The molecule has 0 saturated heterocycles. The van der Waals surface area contributed by atoms with Gasteiger partial charge in [0.25, 0.3) is 0 Å². The molecule has 51 heavy (non-hydrogen) atoms. The molecule has 3 aliphatic rings. The molecule has 2 aliphatic heterocycles. The van der Waals surface area contributed by atoms with E-state index < -0.39 is 0 Å². The summed E-state index contributed by atoms with van der Waals surface area (Å²) in [5, 5.41) is 12.9. The maximum Gasteiger partial charge on any atom is 0.131 e. The van der Waals surface area contributed by atoms with Gasteiger partial charge in [0.1, 0.15) is 30.0 Å². The molecule has 4 nitrogen and oxygen atoms in total. The number of nitrogens with zero attached hydrogens (tertiary/aromatic N) is 1. The molecule has 4 atom stereocenters. The molecule has 0 saturated carbocycles. The standard InChI is InChI=1S/C45H31N3OS2/c1-2-11-26(12-3-1)43-46-44(48-45(47-43)34-18-9-20-36-40(34)32-14-4-6-19-35(32)49-36)27-23-24-33-39(25-27)50-38-22-10-15-29(41(33)38)31-17-8-16-30-28-13-5-7-21-37(28)51-42(30)31/h1-25,36,40,44-45,48H,(H,46,47). The van der Waals surface area contributed by atoms with Gasteiger partial charge in [-0.1, -0.05) is 121 Å². The van der Waals surface area contributed by atoms with E-state index in [2.05, 4.69) is 156 Å². The van der Waals surface area contributed by atoms with Crippen LogP contribution in [0.15, 0.2) is 162 Å². The van der Waals surface area contributed by atoms with E-state index in [-0.39, 0.29) is 24.4 Å². The van der Waals surface area contributed by atoms with Crippen molar-refractivity contribution in [2.45, 2.75) is 24.4 Å². The molecule has 1 aliphatic carbocycles. The van der Waals surface area contributed by atoms with E-state index >= 15 is 0 Å². The van der Waals surface area contributed by atoms with E-state index in [4.69, 9.17) is 9.73 Å². The number of benzene rings is 6. The summed E-state index contributed by atoms with van der Waals surface area (Å²) in [6.45, 7) is 0. The lowest BCUT2D eigenvalue weighted by molar-refractivity contribution is 0.257. The highest BCUT2D eigenvalue weighted by Crippen LogP contribution is 2.47. The minimum Gasteiger partial charge on any atom is -0.485 e. The number of para-hydroxylation sites is 1. The van der Waals surface area contributed by atoms with Crippen LogP contribution in [-0.4, -0.2) is 18.1 Å². The van der Waals surface area contributed by atoms with Gasteiger partial charge in [-0.3, -0.25) is 5.32 Å². The van der Waals surface area contributed by atoms with Crippen molar-refractivity contribution in [3.05, 3.63) is 174 Å². The average molecular weight is 694 g/mol. The SMILES string of the molecule is C1=CC2Oc3ccccc3C2C(C2NC(c3ccccc3)=NC(c3ccc4c(c3)sc3cccc(-c5cccc6c5sc5ccccc56)c34)N2)=C1. The fraction of sp³-hybridized carbons (Fsp3) is 0.0889.